The van der Waals surface area contributed by atoms with Gasteiger partial charge in [0.1, 0.15) is 6.61 Å². The number of esters is 1. The highest BCUT2D eigenvalue weighted by atomic mass is 16.5. The van der Waals surface area contributed by atoms with E-state index in [1.54, 1.807) is 0 Å². The second kappa shape index (κ2) is 14.1. The minimum atomic E-state index is -0.798. The molecule has 7 heteroatoms. The molecule has 0 aliphatic heterocycles. The number of amides is 1. The Morgan fingerprint density at radius 2 is 1.47 bits per heavy atom. The van der Waals surface area contributed by atoms with E-state index in [-0.39, 0.29) is 38.3 Å². The molecule has 5 N–H and O–H groups in total. The van der Waals surface area contributed by atoms with Crippen LogP contribution in [-0.4, -0.2) is 43.4 Å². The summed E-state index contributed by atoms with van der Waals surface area (Å²) in [5.41, 5.74) is 14.3. The molecule has 7 nitrogen and oxygen atoms in total. The largest absolute Gasteiger partial charge is 0.458 e. The minimum absolute atomic E-state index is 0.0278. The van der Waals surface area contributed by atoms with Crippen molar-refractivity contribution in [2.24, 2.45) is 11.5 Å². The highest BCUT2D eigenvalue weighted by Gasteiger charge is 2.12. The second-order valence-electron chi connectivity index (χ2n) is 7.77. The molecule has 0 aromatic heterocycles. The maximum absolute atomic E-state index is 12.1. The average Bonchev–Trinajstić information content (AvgIpc) is 2.81. The molecule has 0 spiro atoms. The van der Waals surface area contributed by atoms with Gasteiger partial charge in [-0.1, -0.05) is 54.6 Å². The molecule has 0 aliphatic rings. The molecule has 2 aromatic rings. The molecule has 2 rings (SSSR count). The van der Waals surface area contributed by atoms with Crippen LogP contribution in [0.3, 0.4) is 0 Å². The summed E-state index contributed by atoms with van der Waals surface area (Å²) in [7, 11) is 0. The van der Waals surface area contributed by atoms with Gasteiger partial charge >= 0.3 is 5.97 Å². The summed E-state index contributed by atoms with van der Waals surface area (Å²) >= 11 is 0. The quantitative estimate of drug-likeness (QED) is 0.304. The van der Waals surface area contributed by atoms with Crippen molar-refractivity contribution in [3.63, 3.8) is 0 Å². The van der Waals surface area contributed by atoms with Gasteiger partial charge in [0.25, 0.3) is 0 Å². The summed E-state index contributed by atoms with van der Waals surface area (Å²) in [5, 5.41) is 2.49. The molecule has 0 radical (unpaired) electrons. The first-order chi connectivity index (χ1) is 15.5. The molecule has 1 atom stereocenters. The van der Waals surface area contributed by atoms with E-state index in [1.807, 2.05) is 30.3 Å². The number of unbranched alkanes of at least 4 members (excludes halogenated alkanes) is 1. The number of rotatable bonds is 14. The van der Waals surface area contributed by atoms with Crippen molar-refractivity contribution in [1.29, 1.82) is 0 Å². The van der Waals surface area contributed by atoms with Crippen molar-refractivity contribution < 1.29 is 19.1 Å². The summed E-state index contributed by atoms with van der Waals surface area (Å²) in [6, 6.07) is 17.7. The van der Waals surface area contributed by atoms with Crippen LogP contribution in [0.1, 0.15) is 36.0 Å². The van der Waals surface area contributed by atoms with Gasteiger partial charge in [-0.05, 0) is 42.4 Å². The Bertz CT molecular complexity index is 853. The van der Waals surface area contributed by atoms with Crippen LogP contribution < -0.4 is 16.8 Å². The summed E-state index contributed by atoms with van der Waals surface area (Å²) in [4.78, 5) is 35.2. The molecule has 1 amide bonds. The molecule has 0 fully saturated rings. The number of benzene rings is 2. The van der Waals surface area contributed by atoms with Crippen molar-refractivity contribution in [2.75, 3.05) is 19.7 Å². The van der Waals surface area contributed by atoms with Gasteiger partial charge < -0.3 is 21.5 Å². The van der Waals surface area contributed by atoms with E-state index >= 15 is 0 Å². The van der Waals surface area contributed by atoms with Crippen LogP contribution in [0.2, 0.25) is 0 Å². The van der Waals surface area contributed by atoms with Gasteiger partial charge in [-0.25, -0.2) is 0 Å². The van der Waals surface area contributed by atoms with Crippen molar-refractivity contribution in [3.05, 3.63) is 71.3 Å². The van der Waals surface area contributed by atoms with Crippen molar-refractivity contribution in [2.45, 2.75) is 44.6 Å². The number of hydrogen-bond acceptors (Lipinski definition) is 6. The van der Waals surface area contributed by atoms with E-state index in [1.165, 1.54) is 11.1 Å². The molecule has 0 bridgehead atoms. The average molecular weight is 440 g/mol. The number of hydrogen-bond donors (Lipinski definition) is 3. The lowest BCUT2D eigenvalue weighted by molar-refractivity contribution is -0.147. The SMILES string of the molecule is NC[C@H](N)C(=O)NCCC(=O)OCC(=O)Cc1ccc(CCCCc2ccccc2)cc1. The zero-order valence-corrected chi connectivity index (χ0v) is 18.4. The number of carbonyl (C=O) groups is 3. The highest BCUT2D eigenvalue weighted by molar-refractivity contribution is 5.84. The molecule has 172 valence electrons. The third kappa shape index (κ3) is 9.85. The van der Waals surface area contributed by atoms with E-state index < -0.39 is 17.9 Å². The summed E-state index contributed by atoms with van der Waals surface area (Å²) in [5.74, 6) is -1.15. The number of Topliss-reactive ketones (excluding diaryl/α,β-unsaturated/α-hetero) is 1. The molecule has 0 aliphatic carbocycles. The van der Waals surface area contributed by atoms with Crippen LogP contribution >= 0.6 is 0 Å². The smallest absolute Gasteiger partial charge is 0.308 e. The lowest BCUT2D eigenvalue weighted by Crippen LogP contribution is -2.45. The van der Waals surface area contributed by atoms with E-state index in [0.29, 0.717) is 0 Å². The Kier molecular flexibility index (Phi) is 11.1. The zero-order chi connectivity index (χ0) is 23.2. The van der Waals surface area contributed by atoms with Gasteiger partial charge in [-0.3, -0.25) is 14.4 Å². The predicted octanol–water partition coefficient (Wildman–Crippen LogP) is 1.70. The Balaban J connectivity index is 1.60. The standard InChI is InChI=1S/C25H33N3O4/c26-17-23(27)25(31)28-15-14-24(30)32-18-22(29)16-21-12-10-20(11-13-21)9-5-4-8-19-6-2-1-3-7-19/h1-3,6-7,10-13,23H,4-5,8-9,14-18,26-27H2,(H,28,31)/t23-/m0/s1. The van der Waals surface area contributed by atoms with Crippen LogP contribution in [-0.2, 0) is 38.4 Å². The molecule has 0 saturated heterocycles. The number of ketones is 1. The third-order valence-electron chi connectivity index (χ3n) is 5.06. The first-order valence-corrected chi connectivity index (χ1v) is 11.0. The Morgan fingerprint density at radius 1 is 0.875 bits per heavy atom. The lowest BCUT2D eigenvalue weighted by atomic mass is 10.0. The molecule has 0 heterocycles. The van der Waals surface area contributed by atoms with E-state index in [4.69, 9.17) is 16.2 Å². The van der Waals surface area contributed by atoms with Gasteiger partial charge in [0, 0.05) is 19.5 Å². The number of ether oxygens (including phenoxy) is 1. The van der Waals surface area contributed by atoms with Gasteiger partial charge in [-0.15, -0.1) is 0 Å². The monoisotopic (exact) mass is 439 g/mol. The van der Waals surface area contributed by atoms with Crippen molar-refractivity contribution in [1.82, 2.24) is 5.32 Å². The fraction of sp³-hybridized carbons (Fsp3) is 0.400. The molecular weight excluding hydrogens is 406 g/mol. The van der Waals surface area contributed by atoms with Crippen LogP contribution in [0.4, 0.5) is 0 Å². The van der Waals surface area contributed by atoms with Gasteiger partial charge in [-0.2, -0.15) is 0 Å². The van der Waals surface area contributed by atoms with Gasteiger partial charge in [0.2, 0.25) is 5.91 Å². The molecule has 2 aromatic carbocycles. The number of aryl methyl sites for hydroxylation is 2. The maximum atomic E-state index is 12.1. The number of nitrogens with two attached hydrogens (primary N) is 2. The summed E-state index contributed by atoms with van der Waals surface area (Å²) in [6.45, 7) is -0.164. The van der Waals surface area contributed by atoms with Crippen LogP contribution in [0.5, 0.6) is 0 Å². The predicted molar refractivity (Wildman–Crippen MR) is 124 cm³/mol. The van der Waals surface area contributed by atoms with E-state index in [0.717, 1.165) is 31.2 Å². The topological polar surface area (TPSA) is 125 Å². The van der Waals surface area contributed by atoms with Crippen LogP contribution in [0.25, 0.3) is 0 Å². The Hall–Kier alpha value is -3.03. The molecule has 32 heavy (non-hydrogen) atoms. The Labute approximate surface area is 189 Å². The second-order valence-corrected chi connectivity index (χ2v) is 7.77. The van der Waals surface area contributed by atoms with Gasteiger partial charge in [0.15, 0.2) is 5.78 Å². The molecular formula is C25H33N3O4. The fourth-order valence-corrected chi connectivity index (χ4v) is 3.16. The third-order valence-corrected chi connectivity index (χ3v) is 5.06. The molecule has 0 saturated carbocycles. The van der Waals surface area contributed by atoms with Crippen LogP contribution in [0, 0.1) is 0 Å². The van der Waals surface area contributed by atoms with E-state index in [9.17, 15) is 14.4 Å². The lowest BCUT2D eigenvalue weighted by Gasteiger charge is -2.09. The summed E-state index contributed by atoms with van der Waals surface area (Å²) in [6.07, 6.45) is 4.52. The Morgan fingerprint density at radius 3 is 2.09 bits per heavy atom. The van der Waals surface area contributed by atoms with Crippen molar-refractivity contribution >= 4 is 17.7 Å². The summed E-state index contributed by atoms with van der Waals surface area (Å²) < 4.78 is 4.97. The zero-order valence-electron chi connectivity index (χ0n) is 18.4. The van der Waals surface area contributed by atoms with Crippen molar-refractivity contribution in [3.8, 4) is 0 Å². The first kappa shape index (κ1) is 25.2. The normalized spacial score (nSPS) is 11.6. The molecule has 0 unspecified atom stereocenters. The first-order valence-electron chi connectivity index (χ1n) is 11.0. The van der Waals surface area contributed by atoms with E-state index in [2.05, 4.69) is 29.6 Å². The van der Waals surface area contributed by atoms with Gasteiger partial charge in [0.05, 0.1) is 12.5 Å². The number of nitrogens with one attached hydrogen (secondary N) is 1. The highest BCUT2D eigenvalue weighted by Crippen LogP contribution is 2.11. The fourth-order valence-electron chi connectivity index (χ4n) is 3.16. The minimum Gasteiger partial charge on any atom is -0.458 e. The number of carbonyl (C=O) groups excluding carboxylic acids is 3. The van der Waals surface area contributed by atoms with Crippen LogP contribution in [0.15, 0.2) is 54.6 Å². The maximum Gasteiger partial charge on any atom is 0.308 e.